The van der Waals surface area contributed by atoms with Crippen LogP contribution in [0.3, 0.4) is 0 Å². The Labute approximate surface area is 252 Å². The van der Waals surface area contributed by atoms with E-state index < -0.39 is 93.5 Å². The van der Waals surface area contributed by atoms with Gasteiger partial charge in [0.1, 0.15) is 11.1 Å². The van der Waals surface area contributed by atoms with Crippen LogP contribution in [0.15, 0.2) is 85.0 Å². The van der Waals surface area contributed by atoms with Crippen molar-refractivity contribution in [3.8, 4) is 0 Å². The Bertz CT molecular complexity index is 1560. The lowest BCUT2D eigenvalue weighted by molar-refractivity contribution is -0.148. The van der Waals surface area contributed by atoms with Gasteiger partial charge in [-0.3, -0.25) is 0 Å². The van der Waals surface area contributed by atoms with Crippen LogP contribution in [0.2, 0.25) is 0 Å². The first kappa shape index (κ1) is 34.3. The average molecular weight is 665 g/mol. The molecule has 0 spiro atoms. The van der Waals surface area contributed by atoms with Crippen molar-refractivity contribution in [3.05, 3.63) is 119 Å². The fourth-order valence-electron chi connectivity index (χ4n) is 4.91. The van der Waals surface area contributed by atoms with Gasteiger partial charge >= 0.3 is 30.7 Å². The fraction of sp³-hybridized carbons (Fsp3) is 0.226. The number of oxime groups is 1. The third-order valence-corrected chi connectivity index (χ3v) is 7.13. The number of nitrogens with zero attached hydrogens (tertiary/aromatic N) is 1. The number of carbonyl (C=O) groups excluding carboxylic acids is 1. The van der Waals surface area contributed by atoms with Crippen LogP contribution in [0.1, 0.15) is 51.8 Å². The summed E-state index contributed by atoms with van der Waals surface area (Å²) in [5.41, 5.74) is -11.4. The van der Waals surface area contributed by atoms with E-state index in [1.807, 2.05) is 0 Å². The molecule has 46 heavy (non-hydrogen) atoms. The monoisotopic (exact) mass is 665 g/mol. The Morgan fingerprint density at radius 3 is 1.28 bits per heavy atom. The fourth-order valence-corrected chi connectivity index (χ4v) is 4.91. The minimum atomic E-state index is -5.23. The molecule has 0 saturated carbocycles. The molecule has 244 valence electrons. The highest BCUT2D eigenvalue weighted by Crippen LogP contribution is 2.48. The standard InChI is InChI=1S/C31H19F12NO2/c1-16(19-8-21(28(32,33)34)12-22(9-19)29(35,36)37)14-27(25(44-46-26(27)45)18-6-4-3-5-7-18)15-17(2)20-10-23(30(38,39)40)13-24(11-20)31(41,42)43/h3-13H,1-2,14-15H2. The van der Waals surface area contributed by atoms with Crippen LogP contribution in [-0.2, 0) is 34.3 Å². The van der Waals surface area contributed by atoms with Crippen molar-refractivity contribution in [3.63, 3.8) is 0 Å². The van der Waals surface area contributed by atoms with Gasteiger partial charge in [0.05, 0.1) is 22.3 Å². The number of allylic oxidation sites excluding steroid dienone is 2. The van der Waals surface area contributed by atoms with E-state index >= 15 is 0 Å². The topological polar surface area (TPSA) is 38.7 Å². The van der Waals surface area contributed by atoms with E-state index in [1.165, 1.54) is 24.3 Å². The molecule has 1 aliphatic rings. The predicted molar refractivity (Wildman–Crippen MR) is 142 cm³/mol. The number of alkyl halides is 12. The van der Waals surface area contributed by atoms with Gasteiger partial charge in [-0.15, -0.1) is 0 Å². The molecule has 0 aromatic heterocycles. The predicted octanol–water partition coefficient (Wildman–Crippen LogP) is 10.2. The molecular weight excluding hydrogens is 646 g/mol. The van der Waals surface area contributed by atoms with Gasteiger partial charge in [-0.05, 0) is 71.5 Å². The zero-order valence-electron chi connectivity index (χ0n) is 23.0. The summed E-state index contributed by atoms with van der Waals surface area (Å²) < 4.78 is 163. The summed E-state index contributed by atoms with van der Waals surface area (Å²) in [4.78, 5) is 18.2. The number of hydrogen-bond acceptors (Lipinski definition) is 3. The highest BCUT2D eigenvalue weighted by Gasteiger charge is 2.51. The Morgan fingerprint density at radius 2 is 0.957 bits per heavy atom. The summed E-state index contributed by atoms with van der Waals surface area (Å²) in [6.45, 7) is 7.18. The van der Waals surface area contributed by atoms with Crippen LogP contribution < -0.4 is 0 Å². The summed E-state index contributed by atoms with van der Waals surface area (Å²) in [6, 6.07) is 8.50. The minimum absolute atomic E-state index is 0.124. The summed E-state index contributed by atoms with van der Waals surface area (Å²) in [5.74, 6) is -1.25. The zero-order chi connectivity index (χ0) is 34.5. The van der Waals surface area contributed by atoms with Crippen molar-refractivity contribution < 1.29 is 62.3 Å². The van der Waals surface area contributed by atoms with Gasteiger partial charge in [0.15, 0.2) is 0 Å². The lowest BCUT2D eigenvalue weighted by atomic mass is 9.69. The van der Waals surface area contributed by atoms with E-state index in [2.05, 4.69) is 18.3 Å². The number of hydrogen-bond donors (Lipinski definition) is 0. The average Bonchev–Trinajstić information content (AvgIpc) is 3.25. The Balaban J connectivity index is 1.87. The molecule has 0 N–H and O–H groups in total. The number of carbonyl (C=O) groups is 1. The second kappa shape index (κ2) is 11.7. The zero-order valence-corrected chi connectivity index (χ0v) is 23.0. The molecule has 0 aliphatic carbocycles. The molecule has 0 atom stereocenters. The molecule has 1 aliphatic heterocycles. The normalized spacial score (nSPS) is 15.4. The number of halogens is 12. The number of rotatable bonds is 7. The Kier molecular flexibility index (Phi) is 8.70. The molecule has 15 heteroatoms. The molecule has 3 nitrogen and oxygen atoms in total. The first-order valence-electron chi connectivity index (χ1n) is 12.8. The van der Waals surface area contributed by atoms with Crippen molar-refractivity contribution in [2.45, 2.75) is 37.5 Å². The maximum atomic E-state index is 13.6. The molecular formula is C31H19F12NO2. The summed E-state index contributed by atoms with van der Waals surface area (Å²) in [5, 5.41) is 3.73. The minimum Gasteiger partial charge on any atom is -0.317 e. The summed E-state index contributed by atoms with van der Waals surface area (Å²) in [7, 11) is 0. The molecule has 0 fully saturated rings. The van der Waals surface area contributed by atoms with Gasteiger partial charge in [-0.2, -0.15) is 52.7 Å². The molecule has 4 rings (SSSR count). The van der Waals surface area contributed by atoms with Gasteiger partial charge < -0.3 is 4.84 Å². The quantitative estimate of drug-likeness (QED) is 0.186. The summed E-state index contributed by atoms with van der Waals surface area (Å²) >= 11 is 0. The Morgan fingerprint density at radius 1 is 0.609 bits per heavy atom. The van der Waals surface area contributed by atoms with Crippen molar-refractivity contribution in [1.29, 1.82) is 0 Å². The smallest absolute Gasteiger partial charge is 0.317 e. The molecule has 0 amide bonds. The Hall–Kier alpha value is -4.56. The van der Waals surface area contributed by atoms with Crippen molar-refractivity contribution in [2.24, 2.45) is 10.6 Å². The summed E-state index contributed by atoms with van der Waals surface area (Å²) in [6.07, 6.45) is -22.6. The van der Waals surface area contributed by atoms with E-state index in [0.717, 1.165) is 0 Å². The van der Waals surface area contributed by atoms with Gasteiger partial charge in [0.2, 0.25) is 0 Å². The maximum Gasteiger partial charge on any atom is 0.416 e. The van der Waals surface area contributed by atoms with Crippen LogP contribution in [0.25, 0.3) is 11.1 Å². The van der Waals surface area contributed by atoms with Crippen LogP contribution in [0, 0.1) is 5.41 Å². The van der Waals surface area contributed by atoms with E-state index in [0.29, 0.717) is 24.3 Å². The lowest BCUT2D eigenvalue weighted by Crippen LogP contribution is -2.36. The SMILES string of the molecule is C=C(CC1(CC(=C)c2cc(C(F)(F)F)cc(C(F)(F)F)c2)C(=O)ON=C1c1ccccc1)c1cc(C(F)(F)F)cc(C(F)(F)F)c1. The second-order valence-corrected chi connectivity index (χ2v) is 10.4. The van der Waals surface area contributed by atoms with Gasteiger partial charge in [0, 0.05) is 5.56 Å². The third kappa shape index (κ3) is 7.12. The van der Waals surface area contributed by atoms with Crippen molar-refractivity contribution in [1.82, 2.24) is 0 Å². The molecule has 1 heterocycles. The highest BCUT2D eigenvalue weighted by atomic mass is 19.4. The van der Waals surface area contributed by atoms with Crippen LogP contribution in [-0.4, -0.2) is 11.7 Å². The van der Waals surface area contributed by atoms with Crippen LogP contribution in [0.4, 0.5) is 52.7 Å². The van der Waals surface area contributed by atoms with Gasteiger partial charge in [-0.1, -0.05) is 48.6 Å². The molecule has 0 unspecified atom stereocenters. The second-order valence-electron chi connectivity index (χ2n) is 10.4. The first-order valence-corrected chi connectivity index (χ1v) is 12.8. The van der Waals surface area contributed by atoms with E-state index in [9.17, 15) is 57.5 Å². The maximum absolute atomic E-state index is 13.6. The molecule has 0 bridgehead atoms. The lowest BCUT2D eigenvalue weighted by Gasteiger charge is -2.29. The van der Waals surface area contributed by atoms with Crippen molar-refractivity contribution >= 4 is 22.8 Å². The first-order chi connectivity index (χ1) is 21.0. The van der Waals surface area contributed by atoms with Gasteiger partial charge in [0.25, 0.3) is 0 Å². The largest absolute Gasteiger partial charge is 0.416 e. The van der Waals surface area contributed by atoms with Crippen molar-refractivity contribution in [2.75, 3.05) is 0 Å². The van der Waals surface area contributed by atoms with E-state index in [-0.39, 0.29) is 23.4 Å². The van der Waals surface area contributed by atoms with E-state index in [4.69, 9.17) is 4.84 Å². The number of benzene rings is 3. The van der Waals surface area contributed by atoms with E-state index in [1.54, 1.807) is 6.07 Å². The molecule has 0 radical (unpaired) electrons. The van der Waals surface area contributed by atoms with Crippen LogP contribution in [0.5, 0.6) is 0 Å². The van der Waals surface area contributed by atoms with Crippen LogP contribution >= 0.6 is 0 Å². The third-order valence-electron chi connectivity index (χ3n) is 7.13. The van der Waals surface area contributed by atoms with Gasteiger partial charge in [-0.25, -0.2) is 4.79 Å². The molecule has 0 saturated heterocycles. The highest BCUT2D eigenvalue weighted by molar-refractivity contribution is 6.19. The molecule has 3 aromatic carbocycles. The molecule has 3 aromatic rings.